The zero-order chi connectivity index (χ0) is 56.4. The van der Waals surface area contributed by atoms with Gasteiger partial charge in [0.15, 0.2) is 0 Å². The van der Waals surface area contributed by atoms with Crippen LogP contribution in [0.1, 0.15) is 40.5 Å². The number of carbonyl (C=O) groups is 6. The minimum absolute atomic E-state index is 0.0160. The van der Waals surface area contributed by atoms with E-state index in [1.54, 1.807) is 66.0 Å². The predicted octanol–water partition coefficient (Wildman–Crippen LogP) is 4.77. The van der Waals surface area contributed by atoms with Crippen LogP contribution < -0.4 is 0 Å². The van der Waals surface area contributed by atoms with Gasteiger partial charge >= 0.3 is 23.9 Å². The van der Waals surface area contributed by atoms with Gasteiger partial charge in [0, 0.05) is 88.7 Å². The second-order valence-electron chi connectivity index (χ2n) is 19.6. The van der Waals surface area contributed by atoms with E-state index in [2.05, 4.69) is 28.1 Å². The molecule has 2 unspecified atom stereocenters. The highest BCUT2D eigenvalue weighted by molar-refractivity contribution is 8.03. The van der Waals surface area contributed by atoms with Gasteiger partial charge in [-0.25, -0.2) is 32.6 Å². The Hall–Kier alpha value is -3.48. The van der Waals surface area contributed by atoms with Gasteiger partial charge < -0.3 is 19.3 Å². The van der Waals surface area contributed by atoms with Crippen molar-refractivity contribution in [1.82, 2.24) is 44.2 Å². The fraction of sp³-hybridized carbons (Fsp3) is 0.617. The van der Waals surface area contributed by atoms with E-state index in [-0.39, 0.29) is 61.6 Å². The topological polar surface area (TPSA) is 153 Å². The summed E-state index contributed by atoms with van der Waals surface area (Å²) in [6.45, 7) is 13.3. The number of thioether (sulfide) groups is 2. The smallest absolute Gasteiger partial charge is 0.330 e. The number of nitrogens with zero attached hydrogens (tertiary/aromatic N) is 13. The van der Waals surface area contributed by atoms with Gasteiger partial charge in [-0.05, 0) is 87.5 Å². The Morgan fingerprint density at radius 3 is 1.27 bits per heavy atom. The Bertz CT molecular complexity index is 2220. The lowest BCUT2D eigenvalue weighted by Crippen LogP contribution is -2.46. The third kappa shape index (κ3) is 15.2. The molecule has 8 amide bonds. The molecular formula is C47H75N13O6S8+4. The number of aryl methyl sites for hydroxylation is 1. The number of aromatic nitrogens is 3. The van der Waals surface area contributed by atoms with Gasteiger partial charge in [0.2, 0.25) is 15.9 Å². The van der Waals surface area contributed by atoms with E-state index in [9.17, 15) is 28.8 Å². The van der Waals surface area contributed by atoms with Gasteiger partial charge in [0.25, 0.3) is 16.1 Å². The number of carbonyl (C=O) groups excluding carboxylic acids is 6. The van der Waals surface area contributed by atoms with Crippen molar-refractivity contribution >= 4 is 163 Å². The largest absolute Gasteiger partial charge is 0.426 e. The summed E-state index contributed by atoms with van der Waals surface area (Å²) in [6.07, 6.45) is 9.02. The maximum atomic E-state index is 11.5. The van der Waals surface area contributed by atoms with Crippen molar-refractivity contribution in [3.05, 3.63) is 34.6 Å². The zero-order valence-electron chi connectivity index (χ0n) is 45.5. The first-order valence-electron chi connectivity index (χ1n) is 24.1. The number of hydrogen-bond acceptors (Lipinski definition) is 16. The van der Waals surface area contributed by atoms with Crippen molar-refractivity contribution in [2.45, 2.75) is 40.5 Å². The van der Waals surface area contributed by atoms with Crippen molar-refractivity contribution < 1.29 is 46.7 Å². The van der Waals surface area contributed by atoms with Gasteiger partial charge in [-0.15, -0.1) is 33.7 Å². The Morgan fingerprint density at radius 2 is 0.932 bits per heavy atom. The summed E-state index contributed by atoms with van der Waals surface area (Å²) in [5.74, 6) is 2.55. The third-order valence-corrected chi connectivity index (χ3v) is 19.2. The fourth-order valence-corrected chi connectivity index (χ4v) is 12.0. The average Bonchev–Trinajstić information content (AvgIpc) is 4.24. The van der Waals surface area contributed by atoms with Crippen LogP contribution in [0.15, 0.2) is 34.6 Å². The lowest BCUT2D eigenvalue weighted by Gasteiger charge is -2.28. The molecule has 0 N–H and O–H groups in total. The molecule has 1 aromatic heterocycles. The number of imide groups is 2. The summed E-state index contributed by atoms with van der Waals surface area (Å²) in [5, 5.41) is 8.75. The Balaban J connectivity index is 0.000000229. The molecule has 1 aromatic rings. The fourth-order valence-electron chi connectivity index (χ4n) is 7.68. The van der Waals surface area contributed by atoms with Crippen molar-refractivity contribution in [3.63, 3.8) is 0 Å². The molecule has 8 aliphatic heterocycles. The predicted molar refractivity (Wildman–Crippen MR) is 318 cm³/mol. The third-order valence-electron chi connectivity index (χ3n) is 13.3. The standard InChI is InChI=1S/C8H9NO2S.C8H9NS3.C7H13N2O2.2C7H13N2OS.C7H13N2S2.C3H5N3/c2*1-9-7(10)4-6-5(8(9)11)2-3-12-6;1-4-8-5-6(10)9(2,3)7(8)11;1-4-8-5-6(11)9(2,3)7(8)10;2*1-4-8-5-6(10)9(2,3)7(8)11;1-6-2-4-5-3-6/h2*4-5H,2-3H2,1H3;4*4-5H2,1-3H3;2-3H,1H3/q;;4*+1;. The van der Waals surface area contributed by atoms with Gasteiger partial charge in [0.1, 0.15) is 43.8 Å². The highest BCUT2D eigenvalue weighted by Gasteiger charge is 2.48. The van der Waals surface area contributed by atoms with Crippen LogP contribution in [0.4, 0.5) is 9.59 Å². The number of fused-ring (bicyclic) bond motifs is 2. The van der Waals surface area contributed by atoms with Crippen molar-refractivity contribution in [2.24, 2.45) is 18.9 Å². The van der Waals surface area contributed by atoms with E-state index in [0.717, 1.165) is 73.4 Å². The SMILES string of the molecule is CCN1CC(=O)[N+](C)(C)C1=O.CCN1CC(=O)[N+](C)(C)C1=S.CCN1CC(=S)[N+](C)(C)C1=O.CCN1CC(=S)[N+](C)(C)C1=S.CN1C(=O)C=C2SCCC2C1=O.CN1C(=S)C=C2SCCC2C1=S.Cn1cnnc1. The van der Waals surface area contributed by atoms with E-state index >= 15 is 0 Å². The molecule has 6 saturated heterocycles. The highest BCUT2D eigenvalue weighted by atomic mass is 32.2. The first-order valence-corrected chi connectivity index (χ1v) is 28.5. The molecule has 27 heteroatoms. The number of amides is 8. The van der Waals surface area contributed by atoms with E-state index < -0.39 is 0 Å². The van der Waals surface area contributed by atoms with Crippen LogP contribution in [0.2, 0.25) is 0 Å². The van der Waals surface area contributed by atoms with E-state index in [1.165, 1.54) is 22.0 Å². The van der Waals surface area contributed by atoms with Crippen LogP contribution in [0.5, 0.6) is 0 Å². The molecule has 408 valence electrons. The van der Waals surface area contributed by atoms with Gasteiger partial charge in [0.05, 0.1) is 67.3 Å². The Labute approximate surface area is 478 Å². The number of thiocarbonyl (C=S) groups is 6. The lowest BCUT2D eigenvalue weighted by molar-refractivity contribution is -0.723. The quantitative estimate of drug-likeness (QED) is 0.176. The van der Waals surface area contributed by atoms with Gasteiger partial charge in [-0.1, -0.05) is 24.4 Å². The summed E-state index contributed by atoms with van der Waals surface area (Å²) < 4.78 is 2.73. The highest BCUT2D eigenvalue weighted by Crippen LogP contribution is 2.40. The summed E-state index contributed by atoms with van der Waals surface area (Å²) in [6, 6.07) is 0.00926. The second-order valence-corrected chi connectivity index (χ2v) is 24.5. The van der Waals surface area contributed by atoms with Crippen LogP contribution in [0.3, 0.4) is 0 Å². The van der Waals surface area contributed by atoms with Crippen molar-refractivity contribution in [2.75, 3.05) is 134 Å². The molecule has 74 heavy (non-hydrogen) atoms. The molecule has 19 nitrogen and oxygen atoms in total. The first-order chi connectivity index (χ1) is 34.3. The normalized spacial score (nSPS) is 23.8. The van der Waals surface area contributed by atoms with Crippen LogP contribution in [-0.2, 0) is 26.2 Å². The van der Waals surface area contributed by atoms with Crippen molar-refractivity contribution in [3.8, 4) is 0 Å². The maximum absolute atomic E-state index is 11.5. The molecule has 0 bridgehead atoms. The molecule has 2 atom stereocenters. The Kier molecular flexibility index (Phi) is 23.8. The number of urea groups is 2. The number of quaternary nitrogens is 4. The van der Waals surface area contributed by atoms with E-state index in [1.807, 2.05) is 98.7 Å². The molecular weight excluding hydrogens is 1100 g/mol. The molecule has 0 radical (unpaired) electrons. The monoisotopic (exact) mass is 1170 g/mol. The van der Waals surface area contributed by atoms with Crippen molar-refractivity contribution in [1.29, 1.82) is 0 Å². The Morgan fingerprint density at radius 1 is 0.527 bits per heavy atom. The summed E-state index contributed by atoms with van der Waals surface area (Å²) in [7, 11) is 20.0. The molecule has 9 rings (SSSR count). The minimum atomic E-state index is -0.180. The summed E-state index contributed by atoms with van der Waals surface area (Å²) in [4.78, 5) is 84.5. The summed E-state index contributed by atoms with van der Waals surface area (Å²) >= 11 is 34.7. The van der Waals surface area contributed by atoms with Crippen LogP contribution in [0.25, 0.3) is 0 Å². The van der Waals surface area contributed by atoms with E-state index in [4.69, 9.17) is 73.3 Å². The molecule has 8 aliphatic rings. The van der Waals surface area contributed by atoms with E-state index in [0.29, 0.717) is 30.0 Å². The second kappa shape index (κ2) is 27.2. The zero-order valence-corrected chi connectivity index (χ0v) is 52.0. The molecule has 0 spiro atoms. The van der Waals surface area contributed by atoms with Gasteiger partial charge in [-0.3, -0.25) is 24.3 Å². The number of rotatable bonds is 4. The molecule has 6 fully saturated rings. The van der Waals surface area contributed by atoms with Crippen LogP contribution in [0, 0.1) is 11.8 Å². The lowest BCUT2D eigenvalue weighted by atomic mass is 10.0. The van der Waals surface area contributed by atoms with Gasteiger partial charge in [-0.2, -0.15) is 4.48 Å². The van der Waals surface area contributed by atoms with Crippen LogP contribution in [-0.4, -0.2) is 262 Å². The molecule has 0 saturated carbocycles. The molecule has 9 heterocycles. The maximum Gasteiger partial charge on any atom is 0.426 e. The number of hydrogen-bond donors (Lipinski definition) is 0. The summed E-state index contributed by atoms with van der Waals surface area (Å²) in [5.41, 5.74) is 0. The molecule has 0 aromatic carbocycles. The minimum Gasteiger partial charge on any atom is -0.330 e. The first kappa shape index (κ1) is 64.8. The average molecular weight is 1170 g/mol. The number of likely N-dealkylation sites (N-methyl/N-ethyl adjacent to an activating group) is 10. The molecule has 0 aliphatic carbocycles. The van der Waals surface area contributed by atoms with Crippen LogP contribution >= 0.6 is 96.8 Å².